The maximum Gasteiger partial charge on any atom is 0.193 e. The Morgan fingerprint density at radius 2 is 1.29 bits per heavy atom. The fraction of sp³-hybridized carbons (Fsp3) is 0.0789. The first-order valence-electron chi connectivity index (χ1n) is 14.1. The first kappa shape index (κ1) is 23.7. The van der Waals surface area contributed by atoms with Gasteiger partial charge >= 0.3 is 0 Å². The zero-order chi connectivity index (χ0) is 27.7. The molecule has 0 aliphatic carbocycles. The number of para-hydroxylation sites is 1. The van der Waals surface area contributed by atoms with E-state index in [0.717, 1.165) is 11.2 Å². The summed E-state index contributed by atoms with van der Waals surface area (Å²) in [4.78, 5) is 13.2. The highest BCUT2D eigenvalue weighted by atomic mass is 16.1. The Bertz CT molecular complexity index is 2110. The third-order valence-electron chi connectivity index (χ3n) is 8.69. The molecule has 0 atom stereocenters. The fourth-order valence-corrected chi connectivity index (χ4v) is 6.71. The van der Waals surface area contributed by atoms with Crippen LogP contribution in [-0.2, 0) is 5.41 Å². The molecule has 0 saturated heterocycles. The van der Waals surface area contributed by atoms with Crippen molar-refractivity contribution in [3.05, 3.63) is 156 Å². The Morgan fingerprint density at radius 1 is 0.634 bits per heavy atom. The van der Waals surface area contributed by atoms with Crippen LogP contribution in [0.25, 0.3) is 44.3 Å². The number of fused-ring (bicyclic) bond motifs is 7. The molecule has 1 aliphatic heterocycles. The highest BCUT2D eigenvalue weighted by molar-refractivity contribution is 6.13. The Kier molecular flexibility index (Phi) is 5.02. The molecule has 0 unspecified atom stereocenters. The second kappa shape index (κ2) is 8.67. The van der Waals surface area contributed by atoms with Gasteiger partial charge in [0.25, 0.3) is 0 Å². The molecule has 196 valence electrons. The third kappa shape index (κ3) is 3.42. The SMILES string of the molecule is CC1(C)c2ccccc2-n2cc3c4cc(-c5ccccc5)ccc4n(-c4ccc(C(=O)c5ccccc5)cc4)c3c21. The molecule has 5 aromatic carbocycles. The van der Waals surface area contributed by atoms with Crippen LogP contribution in [0.2, 0.25) is 0 Å². The van der Waals surface area contributed by atoms with Gasteiger partial charge in [-0.1, -0.05) is 98.8 Å². The molecule has 0 spiro atoms. The van der Waals surface area contributed by atoms with Crippen LogP contribution in [0.4, 0.5) is 0 Å². The number of hydrogen-bond acceptors (Lipinski definition) is 1. The van der Waals surface area contributed by atoms with Gasteiger partial charge in [0.1, 0.15) is 0 Å². The van der Waals surface area contributed by atoms with Crippen LogP contribution < -0.4 is 0 Å². The van der Waals surface area contributed by atoms with E-state index in [2.05, 4.69) is 114 Å². The molecule has 1 aliphatic rings. The van der Waals surface area contributed by atoms with Crippen molar-refractivity contribution in [2.75, 3.05) is 0 Å². The zero-order valence-electron chi connectivity index (χ0n) is 23.0. The summed E-state index contributed by atoms with van der Waals surface area (Å²) in [7, 11) is 0. The van der Waals surface area contributed by atoms with E-state index in [1.54, 1.807) is 0 Å². The van der Waals surface area contributed by atoms with Crippen LogP contribution in [0.15, 0.2) is 134 Å². The Labute approximate surface area is 238 Å². The number of hydrogen-bond donors (Lipinski definition) is 0. The minimum atomic E-state index is -0.171. The van der Waals surface area contributed by atoms with Crippen molar-refractivity contribution in [3.63, 3.8) is 0 Å². The van der Waals surface area contributed by atoms with Crippen LogP contribution in [0.3, 0.4) is 0 Å². The molecule has 0 bridgehead atoms. The van der Waals surface area contributed by atoms with Crippen molar-refractivity contribution in [3.8, 4) is 22.5 Å². The van der Waals surface area contributed by atoms with E-state index in [-0.39, 0.29) is 11.2 Å². The molecule has 3 heteroatoms. The van der Waals surface area contributed by atoms with E-state index >= 15 is 0 Å². The van der Waals surface area contributed by atoms with Gasteiger partial charge in [-0.05, 0) is 59.2 Å². The number of carbonyl (C=O) groups is 1. The second-order valence-electron chi connectivity index (χ2n) is 11.4. The van der Waals surface area contributed by atoms with Gasteiger partial charge in [0.15, 0.2) is 5.78 Å². The molecule has 3 nitrogen and oxygen atoms in total. The number of benzene rings is 5. The monoisotopic (exact) mass is 528 g/mol. The molecule has 3 heterocycles. The Morgan fingerprint density at radius 3 is 2.05 bits per heavy atom. The number of rotatable bonds is 4. The summed E-state index contributed by atoms with van der Waals surface area (Å²) in [6, 6.07) is 43.6. The molecule has 7 aromatic rings. The smallest absolute Gasteiger partial charge is 0.193 e. The van der Waals surface area contributed by atoms with E-state index in [9.17, 15) is 4.79 Å². The summed E-state index contributed by atoms with van der Waals surface area (Å²) in [5, 5.41) is 2.46. The van der Waals surface area contributed by atoms with E-state index in [1.807, 2.05) is 42.5 Å². The first-order chi connectivity index (χ1) is 20.0. The van der Waals surface area contributed by atoms with Crippen LogP contribution in [0.5, 0.6) is 0 Å². The van der Waals surface area contributed by atoms with E-state index in [4.69, 9.17) is 0 Å². The lowest BCUT2D eigenvalue weighted by molar-refractivity contribution is 0.103. The third-order valence-corrected chi connectivity index (χ3v) is 8.69. The van der Waals surface area contributed by atoms with Gasteiger partial charge < -0.3 is 9.13 Å². The normalized spacial score (nSPS) is 13.4. The van der Waals surface area contributed by atoms with Crippen LogP contribution in [0, 0.1) is 0 Å². The molecular weight excluding hydrogens is 500 g/mol. The van der Waals surface area contributed by atoms with Crippen molar-refractivity contribution < 1.29 is 4.79 Å². The topological polar surface area (TPSA) is 26.9 Å². The Hall–Kier alpha value is -5.15. The van der Waals surface area contributed by atoms with Gasteiger partial charge in [-0.15, -0.1) is 0 Å². The lowest BCUT2D eigenvalue weighted by atomic mass is 9.83. The summed E-state index contributed by atoms with van der Waals surface area (Å²) in [6.45, 7) is 4.65. The van der Waals surface area contributed by atoms with Crippen molar-refractivity contribution in [2.45, 2.75) is 19.3 Å². The average molecular weight is 529 g/mol. The van der Waals surface area contributed by atoms with Gasteiger partial charge in [-0.25, -0.2) is 0 Å². The fourth-order valence-electron chi connectivity index (χ4n) is 6.71. The molecule has 0 N–H and O–H groups in total. The van der Waals surface area contributed by atoms with Crippen molar-refractivity contribution in [2.24, 2.45) is 0 Å². The molecule has 0 saturated carbocycles. The minimum absolute atomic E-state index is 0.0357. The lowest BCUT2D eigenvalue weighted by Crippen LogP contribution is -2.16. The summed E-state index contributed by atoms with van der Waals surface area (Å²) < 4.78 is 4.77. The quantitative estimate of drug-likeness (QED) is 0.209. The highest BCUT2D eigenvalue weighted by Crippen LogP contribution is 2.49. The van der Waals surface area contributed by atoms with Crippen LogP contribution in [0.1, 0.15) is 41.0 Å². The summed E-state index contributed by atoms with van der Waals surface area (Å²) >= 11 is 0. The van der Waals surface area contributed by atoms with E-state index in [1.165, 1.54) is 44.4 Å². The second-order valence-corrected chi connectivity index (χ2v) is 11.4. The van der Waals surface area contributed by atoms with Gasteiger partial charge in [0.05, 0.1) is 16.7 Å². The van der Waals surface area contributed by atoms with Crippen LogP contribution >= 0.6 is 0 Å². The van der Waals surface area contributed by atoms with Crippen molar-refractivity contribution in [1.82, 2.24) is 9.13 Å². The predicted molar refractivity (Wildman–Crippen MR) is 168 cm³/mol. The van der Waals surface area contributed by atoms with Crippen LogP contribution in [-0.4, -0.2) is 14.9 Å². The average Bonchev–Trinajstić information content (AvgIpc) is 3.63. The van der Waals surface area contributed by atoms with E-state index < -0.39 is 0 Å². The number of aromatic nitrogens is 2. The molecule has 2 aromatic heterocycles. The number of ketones is 1. The van der Waals surface area contributed by atoms with Gasteiger partial charge in [-0.3, -0.25) is 4.79 Å². The summed E-state index contributed by atoms with van der Waals surface area (Å²) in [6.07, 6.45) is 2.32. The summed E-state index contributed by atoms with van der Waals surface area (Å²) in [5.74, 6) is 0.0357. The highest BCUT2D eigenvalue weighted by Gasteiger charge is 2.39. The maximum atomic E-state index is 13.2. The van der Waals surface area contributed by atoms with Gasteiger partial charge in [0, 0.05) is 44.9 Å². The zero-order valence-corrected chi connectivity index (χ0v) is 23.0. The number of carbonyl (C=O) groups excluding carboxylic acids is 1. The minimum Gasteiger partial charge on any atom is -0.317 e. The summed E-state index contributed by atoms with van der Waals surface area (Å²) in [5.41, 5.74) is 10.9. The maximum absolute atomic E-state index is 13.2. The Balaban J connectivity index is 1.38. The predicted octanol–water partition coefficient (Wildman–Crippen LogP) is 9.11. The molecule has 0 fully saturated rings. The molecule has 0 radical (unpaired) electrons. The first-order valence-corrected chi connectivity index (χ1v) is 14.1. The standard InChI is InChI=1S/C38H28N2O/c1-38(2)32-15-9-10-16-34(32)39-24-31-30-23-28(25-11-5-3-6-12-25)19-22-33(30)40(35(31)37(38)39)29-20-17-27(18-21-29)36(41)26-13-7-4-8-14-26/h3-24H,1-2H3. The van der Waals surface area contributed by atoms with Gasteiger partial charge in [-0.2, -0.15) is 0 Å². The van der Waals surface area contributed by atoms with Crippen molar-refractivity contribution >= 4 is 27.6 Å². The van der Waals surface area contributed by atoms with Crippen molar-refractivity contribution in [1.29, 1.82) is 0 Å². The van der Waals surface area contributed by atoms with E-state index in [0.29, 0.717) is 11.1 Å². The molecule has 41 heavy (non-hydrogen) atoms. The lowest BCUT2D eigenvalue weighted by Gasteiger charge is -2.21. The molecular formula is C38H28N2O. The molecule has 0 amide bonds. The largest absolute Gasteiger partial charge is 0.317 e. The van der Waals surface area contributed by atoms with Gasteiger partial charge in [0.2, 0.25) is 0 Å². The number of nitrogens with zero attached hydrogens (tertiary/aromatic N) is 2. The molecule has 8 rings (SSSR count).